The fourth-order valence-electron chi connectivity index (χ4n) is 2.03. The molecule has 2 aromatic carbocycles. The van der Waals surface area contributed by atoms with Gasteiger partial charge in [-0.15, -0.1) is 0 Å². The largest absolute Gasteiger partial charge is 0.0836 e. The summed E-state index contributed by atoms with van der Waals surface area (Å²) in [6, 6.07) is 5.41. The average Bonchev–Trinajstić information content (AvgIpc) is 2.53. The van der Waals surface area contributed by atoms with Crippen molar-refractivity contribution in [2.45, 2.75) is 0 Å². The summed E-state index contributed by atoms with van der Waals surface area (Å²) in [5, 5.41) is 4.10. The molecule has 0 aromatic heterocycles. The summed E-state index contributed by atoms with van der Waals surface area (Å²) in [5.74, 6) is 0. The van der Waals surface area contributed by atoms with Crippen LogP contribution >= 0.6 is 46.4 Å². The Morgan fingerprint density at radius 1 is 0.750 bits per heavy atom. The SMILES string of the molecule is ClC1=Cc2ccc(Cl)c3c(Cl)cc(Cl)c1c23. The fraction of sp³-hybridized carbons (Fsp3) is 0. The van der Waals surface area contributed by atoms with E-state index in [4.69, 9.17) is 46.4 Å². The molecule has 0 bridgehead atoms. The molecule has 0 nitrogen and oxygen atoms in total. The molecular formula is C12H4Cl4. The standard InChI is InChI=1S/C12H4Cl4/c13-6-2-1-5-3-7(14)12-9(16)4-8(15)11(6)10(5)12/h1-4H. The molecule has 3 rings (SSSR count). The molecule has 1 aliphatic carbocycles. The molecule has 0 aliphatic heterocycles. The third kappa shape index (κ3) is 1.31. The summed E-state index contributed by atoms with van der Waals surface area (Å²) in [5.41, 5.74) is 1.82. The van der Waals surface area contributed by atoms with E-state index >= 15 is 0 Å². The topological polar surface area (TPSA) is 0 Å². The Balaban J connectivity index is 2.63. The number of hydrogen-bond acceptors (Lipinski definition) is 0. The monoisotopic (exact) mass is 288 g/mol. The lowest BCUT2D eigenvalue weighted by atomic mass is 10.0. The van der Waals surface area contributed by atoms with E-state index in [1.807, 2.05) is 18.2 Å². The highest BCUT2D eigenvalue weighted by Gasteiger charge is 2.21. The van der Waals surface area contributed by atoms with E-state index in [0.717, 1.165) is 21.9 Å². The van der Waals surface area contributed by atoms with Gasteiger partial charge in [0.15, 0.2) is 0 Å². The zero-order valence-electron chi connectivity index (χ0n) is 7.82. The molecule has 0 saturated carbocycles. The Kier molecular flexibility index (Phi) is 2.38. The van der Waals surface area contributed by atoms with Gasteiger partial charge in [0.1, 0.15) is 0 Å². The Bertz CT molecular complexity index is 656. The number of benzene rings is 2. The molecule has 0 saturated heterocycles. The fourth-order valence-corrected chi connectivity index (χ4v) is 3.37. The van der Waals surface area contributed by atoms with Crippen molar-refractivity contribution in [1.82, 2.24) is 0 Å². The van der Waals surface area contributed by atoms with Crippen LogP contribution in [0.15, 0.2) is 18.2 Å². The zero-order valence-corrected chi connectivity index (χ0v) is 10.8. The van der Waals surface area contributed by atoms with Crippen LogP contribution < -0.4 is 0 Å². The van der Waals surface area contributed by atoms with Gasteiger partial charge in [-0.05, 0) is 23.8 Å². The molecule has 0 fully saturated rings. The lowest BCUT2D eigenvalue weighted by Crippen LogP contribution is -1.84. The van der Waals surface area contributed by atoms with Crippen LogP contribution in [0.1, 0.15) is 11.1 Å². The van der Waals surface area contributed by atoms with Gasteiger partial charge < -0.3 is 0 Å². The second-order valence-corrected chi connectivity index (χ2v) is 5.22. The molecule has 0 atom stereocenters. The van der Waals surface area contributed by atoms with E-state index in [1.54, 1.807) is 6.07 Å². The van der Waals surface area contributed by atoms with Crippen LogP contribution in [0.5, 0.6) is 0 Å². The van der Waals surface area contributed by atoms with E-state index in [9.17, 15) is 0 Å². The second-order valence-electron chi connectivity index (χ2n) is 3.59. The molecule has 16 heavy (non-hydrogen) atoms. The first-order valence-corrected chi connectivity index (χ1v) is 6.08. The van der Waals surface area contributed by atoms with Gasteiger partial charge in [0.2, 0.25) is 0 Å². The highest BCUT2D eigenvalue weighted by Crippen LogP contribution is 2.47. The van der Waals surface area contributed by atoms with Crippen LogP contribution in [0.3, 0.4) is 0 Å². The summed E-state index contributed by atoms with van der Waals surface area (Å²) < 4.78 is 0. The molecule has 80 valence electrons. The number of rotatable bonds is 0. The van der Waals surface area contributed by atoms with E-state index in [0.29, 0.717) is 20.1 Å². The van der Waals surface area contributed by atoms with E-state index in [2.05, 4.69) is 0 Å². The van der Waals surface area contributed by atoms with Crippen LogP contribution in [0.25, 0.3) is 21.9 Å². The quantitative estimate of drug-likeness (QED) is 0.571. The van der Waals surface area contributed by atoms with Crippen molar-refractivity contribution in [3.8, 4) is 0 Å². The van der Waals surface area contributed by atoms with E-state index in [1.165, 1.54) is 0 Å². The Morgan fingerprint density at radius 2 is 1.50 bits per heavy atom. The third-order valence-electron chi connectivity index (χ3n) is 2.69. The average molecular weight is 290 g/mol. The van der Waals surface area contributed by atoms with Gasteiger partial charge in [-0.2, -0.15) is 0 Å². The molecule has 1 aliphatic rings. The van der Waals surface area contributed by atoms with Gasteiger partial charge in [0.25, 0.3) is 0 Å². The van der Waals surface area contributed by atoms with Crippen molar-refractivity contribution in [3.63, 3.8) is 0 Å². The molecule has 0 amide bonds. The summed E-state index contributed by atoms with van der Waals surface area (Å²) in [7, 11) is 0. The minimum atomic E-state index is 0.551. The first-order chi connectivity index (χ1) is 7.59. The lowest BCUT2D eigenvalue weighted by molar-refractivity contribution is 1.71. The van der Waals surface area contributed by atoms with Gasteiger partial charge in [-0.25, -0.2) is 0 Å². The maximum atomic E-state index is 6.15. The Morgan fingerprint density at radius 3 is 2.25 bits per heavy atom. The molecule has 0 unspecified atom stereocenters. The van der Waals surface area contributed by atoms with Crippen molar-refractivity contribution in [2.75, 3.05) is 0 Å². The van der Waals surface area contributed by atoms with Crippen molar-refractivity contribution < 1.29 is 0 Å². The zero-order chi connectivity index (χ0) is 11.4. The van der Waals surface area contributed by atoms with Crippen molar-refractivity contribution in [2.24, 2.45) is 0 Å². The molecular weight excluding hydrogens is 286 g/mol. The van der Waals surface area contributed by atoms with Crippen LogP contribution in [0.2, 0.25) is 15.1 Å². The van der Waals surface area contributed by atoms with Gasteiger partial charge in [-0.1, -0.05) is 52.5 Å². The molecule has 2 aromatic rings. The van der Waals surface area contributed by atoms with Crippen LogP contribution in [-0.2, 0) is 0 Å². The Hall–Kier alpha value is -0.400. The smallest absolute Gasteiger partial charge is 0.0514 e. The van der Waals surface area contributed by atoms with Crippen molar-refractivity contribution in [1.29, 1.82) is 0 Å². The van der Waals surface area contributed by atoms with Gasteiger partial charge >= 0.3 is 0 Å². The summed E-state index contributed by atoms with van der Waals surface area (Å²) in [6.07, 6.45) is 1.87. The normalized spacial score (nSPS) is 13.4. The van der Waals surface area contributed by atoms with Crippen LogP contribution in [0.4, 0.5) is 0 Å². The van der Waals surface area contributed by atoms with Crippen molar-refractivity contribution in [3.05, 3.63) is 44.4 Å². The second kappa shape index (κ2) is 3.54. The predicted molar refractivity (Wildman–Crippen MR) is 72.7 cm³/mol. The number of halogens is 4. The third-order valence-corrected chi connectivity index (χ3v) is 3.90. The predicted octanol–water partition coefficient (Wildman–Crippen LogP) is 5.85. The van der Waals surface area contributed by atoms with E-state index in [-0.39, 0.29) is 0 Å². The van der Waals surface area contributed by atoms with Gasteiger partial charge in [-0.3, -0.25) is 0 Å². The molecule has 0 radical (unpaired) electrons. The minimum absolute atomic E-state index is 0.551. The maximum Gasteiger partial charge on any atom is 0.0514 e. The van der Waals surface area contributed by atoms with Crippen LogP contribution in [-0.4, -0.2) is 0 Å². The summed E-state index contributed by atoms with van der Waals surface area (Å²) in [4.78, 5) is 0. The molecule has 0 heterocycles. The first-order valence-electron chi connectivity index (χ1n) is 4.57. The van der Waals surface area contributed by atoms with Gasteiger partial charge in [0, 0.05) is 21.4 Å². The maximum absolute atomic E-state index is 6.15. The highest BCUT2D eigenvalue weighted by molar-refractivity contribution is 6.57. The first kappa shape index (κ1) is 10.7. The molecule has 0 spiro atoms. The highest BCUT2D eigenvalue weighted by atomic mass is 35.5. The number of hydrogen-bond donors (Lipinski definition) is 0. The van der Waals surface area contributed by atoms with Crippen LogP contribution in [0, 0.1) is 0 Å². The Labute approximate surface area is 112 Å². The van der Waals surface area contributed by atoms with Gasteiger partial charge in [0.05, 0.1) is 15.1 Å². The summed E-state index contributed by atoms with van der Waals surface area (Å²) >= 11 is 24.6. The lowest BCUT2D eigenvalue weighted by Gasteiger charge is -2.08. The molecule has 4 heteroatoms. The van der Waals surface area contributed by atoms with Crippen molar-refractivity contribution >= 4 is 68.3 Å². The van der Waals surface area contributed by atoms with E-state index < -0.39 is 0 Å². The minimum Gasteiger partial charge on any atom is -0.0836 e. The molecule has 0 N–H and O–H groups in total. The summed E-state index contributed by atoms with van der Waals surface area (Å²) in [6.45, 7) is 0.